The normalized spacial score (nSPS) is 12.1. The number of benzene rings is 1. The predicted octanol–water partition coefficient (Wildman–Crippen LogP) is 1.26. The van der Waals surface area contributed by atoms with Gasteiger partial charge in [-0.25, -0.2) is 0 Å². The molecule has 0 aliphatic rings. The summed E-state index contributed by atoms with van der Waals surface area (Å²) < 4.78 is 10.2. The number of carbonyl (C=O) groups excluding carboxylic acids is 1. The molecule has 5 heteroatoms. The van der Waals surface area contributed by atoms with Crippen molar-refractivity contribution in [1.29, 1.82) is 0 Å². The maximum atomic E-state index is 11.7. The Balaban J connectivity index is 2.92. The summed E-state index contributed by atoms with van der Waals surface area (Å²) >= 11 is 0. The molecule has 0 aliphatic carbocycles. The minimum Gasteiger partial charge on any atom is -0.493 e. The van der Waals surface area contributed by atoms with Crippen LogP contribution in [0.1, 0.15) is 25.5 Å². The molecule has 0 fully saturated rings. The Morgan fingerprint density at radius 2 is 1.83 bits per heavy atom. The summed E-state index contributed by atoms with van der Waals surface area (Å²) in [5.74, 6) is 0.598. The second-order valence-electron chi connectivity index (χ2n) is 4.18. The molecule has 1 aromatic carbocycles. The molecule has 0 spiro atoms. The van der Waals surface area contributed by atoms with Crippen LogP contribution >= 0.6 is 0 Å². The van der Waals surface area contributed by atoms with Crippen LogP contribution < -0.4 is 14.8 Å². The number of nitrogens with one attached hydrogen (secondary N) is 1. The van der Waals surface area contributed by atoms with E-state index in [1.54, 1.807) is 18.2 Å². The van der Waals surface area contributed by atoms with Crippen molar-refractivity contribution in [3.63, 3.8) is 0 Å². The summed E-state index contributed by atoms with van der Waals surface area (Å²) in [4.78, 5) is 11.7. The minimum absolute atomic E-state index is 0.0210. The number of aliphatic hydroxyl groups is 1. The third kappa shape index (κ3) is 3.37. The van der Waals surface area contributed by atoms with Crippen LogP contribution in [0.3, 0.4) is 0 Å². The zero-order valence-corrected chi connectivity index (χ0v) is 11.1. The number of rotatable bonds is 5. The van der Waals surface area contributed by atoms with Gasteiger partial charge < -0.3 is 19.9 Å². The number of carbonyl (C=O) groups is 1. The van der Waals surface area contributed by atoms with Crippen molar-refractivity contribution >= 4 is 5.91 Å². The lowest BCUT2D eigenvalue weighted by molar-refractivity contribution is -0.130. The van der Waals surface area contributed by atoms with Crippen molar-refractivity contribution in [1.82, 2.24) is 5.32 Å². The average molecular weight is 253 g/mol. The Hall–Kier alpha value is -1.75. The highest BCUT2D eigenvalue weighted by molar-refractivity contribution is 5.82. The van der Waals surface area contributed by atoms with Crippen molar-refractivity contribution < 1.29 is 19.4 Å². The van der Waals surface area contributed by atoms with Crippen LogP contribution in [0.15, 0.2) is 18.2 Å². The monoisotopic (exact) mass is 253 g/mol. The molecule has 100 valence electrons. The van der Waals surface area contributed by atoms with Crippen LogP contribution in [0.2, 0.25) is 0 Å². The van der Waals surface area contributed by atoms with Crippen LogP contribution in [0.25, 0.3) is 0 Å². The largest absolute Gasteiger partial charge is 0.493 e. The molecule has 1 amide bonds. The molecular formula is C13H19NO4. The molecule has 1 rings (SSSR count). The molecule has 0 heterocycles. The van der Waals surface area contributed by atoms with Gasteiger partial charge in [0.25, 0.3) is 5.91 Å². The molecule has 2 N–H and O–H groups in total. The number of hydrogen-bond donors (Lipinski definition) is 2. The smallest absolute Gasteiger partial charge is 0.253 e. The highest BCUT2D eigenvalue weighted by atomic mass is 16.5. The van der Waals surface area contributed by atoms with E-state index in [4.69, 9.17) is 9.47 Å². The van der Waals surface area contributed by atoms with Crippen molar-refractivity contribution in [3.05, 3.63) is 23.8 Å². The van der Waals surface area contributed by atoms with Crippen molar-refractivity contribution in [2.45, 2.75) is 26.0 Å². The Kier molecular flexibility index (Phi) is 4.97. The fourth-order valence-corrected chi connectivity index (χ4v) is 1.54. The number of aliphatic hydroxyl groups excluding tert-OH is 1. The Bertz CT molecular complexity index is 417. The fraction of sp³-hybridized carbons (Fsp3) is 0.462. The van der Waals surface area contributed by atoms with E-state index < -0.39 is 12.0 Å². The summed E-state index contributed by atoms with van der Waals surface area (Å²) in [5, 5.41) is 12.6. The van der Waals surface area contributed by atoms with Gasteiger partial charge in [0.2, 0.25) is 0 Å². The highest BCUT2D eigenvalue weighted by Gasteiger charge is 2.19. The maximum absolute atomic E-state index is 11.7. The molecule has 0 aromatic heterocycles. The van der Waals surface area contributed by atoms with Gasteiger partial charge in [-0.3, -0.25) is 4.79 Å². The zero-order valence-electron chi connectivity index (χ0n) is 11.1. The third-order valence-electron chi connectivity index (χ3n) is 2.40. The zero-order chi connectivity index (χ0) is 13.7. The number of hydrogen-bond acceptors (Lipinski definition) is 4. The van der Waals surface area contributed by atoms with E-state index in [2.05, 4.69) is 5.32 Å². The van der Waals surface area contributed by atoms with Crippen molar-refractivity contribution in [2.75, 3.05) is 14.2 Å². The van der Waals surface area contributed by atoms with E-state index in [9.17, 15) is 9.90 Å². The van der Waals surface area contributed by atoms with Gasteiger partial charge in [0.1, 0.15) is 0 Å². The molecule has 1 aromatic rings. The molecule has 1 atom stereocenters. The lowest BCUT2D eigenvalue weighted by Crippen LogP contribution is -2.34. The third-order valence-corrected chi connectivity index (χ3v) is 2.40. The lowest BCUT2D eigenvalue weighted by atomic mass is 10.1. The minimum atomic E-state index is -1.22. The summed E-state index contributed by atoms with van der Waals surface area (Å²) in [6.45, 7) is 3.67. The summed E-state index contributed by atoms with van der Waals surface area (Å²) in [6, 6.07) is 4.85. The van der Waals surface area contributed by atoms with Crippen LogP contribution in [0, 0.1) is 0 Å². The first-order valence-electron chi connectivity index (χ1n) is 5.70. The molecule has 5 nitrogen and oxygen atoms in total. The van der Waals surface area contributed by atoms with E-state index in [1.165, 1.54) is 14.2 Å². The van der Waals surface area contributed by atoms with Crippen LogP contribution in [-0.2, 0) is 4.79 Å². The number of methoxy groups -OCH3 is 2. The summed E-state index contributed by atoms with van der Waals surface area (Å²) in [6.07, 6.45) is -1.22. The molecule has 0 saturated carbocycles. The van der Waals surface area contributed by atoms with E-state index in [-0.39, 0.29) is 6.04 Å². The topological polar surface area (TPSA) is 67.8 Å². The molecule has 0 unspecified atom stereocenters. The Morgan fingerprint density at radius 1 is 1.22 bits per heavy atom. The number of ether oxygens (including phenoxy) is 2. The lowest BCUT2D eigenvalue weighted by Gasteiger charge is -2.15. The van der Waals surface area contributed by atoms with Gasteiger partial charge in [0.15, 0.2) is 17.6 Å². The quantitative estimate of drug-likeness (QED) is 0.829. The first-order valence-corrected chi connectivity index (χ1v) is 5.70. The van der Waals surface area contributed by atoms with Gasteiger partial charge in [-0.15, -0.1) is 0 Å². The van der Waals surface area contributed by atoms with E-state index in [0.29, 0.717) is 17.1 Å². The summed E-state index contributed by atoms with van der Waals surface area (Å²) in [5.41, 5.74) is 0.464. The van der Waals surface area contributed by atoms with Gasteiger partial charge in [-0.2, -0.15) is 0 Å². The van der Waals surface area contributed by atoms with Crippen molar-refractivity contribution in [3.8, 4) is 11.5 Å². The molecule has 0 saturated heterocycles. The molecule has 18 heavy (non-hydrogen) atoms. The van der Waals surface area contributed by atoms with Crippen LogP contribution in [-0.4, -0.2) is 31.3 Å². The van der Waals surface area contributed by atoms with Crippen LogP contribution in [0.5, 0.6) is 11.5 Å². The molecule has 0 bridgehead atoms. The second kappa shape index (κ2) is 6.26. The number of amides is 1. The second-order valence-corrected chi connectivity index (χ2v) is 4.18. The Morgan fingerprint density at radius 3 is 2.33 bits per heavy atom. The van der Waals surface area contributed by atoms with Gasteiger partial charge in [-0.1, -0.05) is 6.07 Å². The average Bonchev–Trinajstić information content (AvgIpc) is 2.36. The van der Waals surface area contributed by atoms with Gasteiger partial charge in [-0.05, 0) is 31.5 Å². The standard InChI is InChI=1S/C13H19NO4/c1-8(2)14-13(16)12(15)9-5-6-10(17-3)11(7-9)18-4/h5-8,12,15H,1-4H3,(H,14,16)/t12-/m0/s1. The van der Waals surface area contributed by atoms with E-state index in [1.807, 2.05) is 13.8 Å². The highest BCUT2D eigenvalue weighted by Crippen LogP contribution is 2.29. The van der Waals surface area contributed by atoms with Crippen LogP contribution in [0.4, 0.5) is 0 Å². The summed E-state index contributed by atoms with van der Waals surface area (Å²) in [7, 11) is 3.03. The first kappa shape index (κ1) is 14.3. The maximum Gasteiger partial charge on any atom is 0.253 e. The van der Waals surface area contributed by atoms with Gasteiger partial charge in [0, 0.05) is 6.04 Å². The predicted molar refractivity (Wildman–Crippen MR) is 67.8 cm³/mol. The fourth-order valence-electron chi connectivity index (χ4n) is 1.54. The SMILES string of the molecule is COc1ccc([C@H](O)C(=O)NC(C)C)cc1OC. The van der Waals surface area contributed by atoms with Gasteiger partial charge >= 0.3 is 0 Å². The first-order chi connectivity index (χ1) is 8.49. The van der Waals surface area contributed by atoms with Crippen molar-refractivity contribution in [2.24, 2.45) is 0 Å². The van der Waals surface area contributed by atoms with Gasteiger partial charge in [0.05, 0.1) is 14.2 Å². The molecular weight excluding hydrogens is 234 g/mol. The Labute approximate surface area is 107 Å². The molecule has 0 radical (unpaired) electrons. The van der Waals surface area contributed by atoms with E-state index in [0.717, 1.165) is 0 Å². The van der Waals surface area contributed by atoms with E-state index >= 15 is 0 Å². The molecule has 0 aliphatic heterocycles.